The highest BCUT2D eigenvalue weighted by molar-refractivity contribution is 6.30. The van der Waals surface area contributed by atoms with Crippen molar-refractivity contribution in [1.82, 2.24) is 4.57 Å². The van der Waals surface area contributed by atoms with Crippen molar-refractivity contribution in [3.05, 3.63) is 58.4 Å². The van der Waals surface area contributed by atoms with Gasteiger partial charge in [0.15, 0.2) is 0 Å². The number of hydrogen-bond acceptors (Lipinski definition) is 1. The van der Waals surface area contributed by atoms with Crippen LogP contribution >= 0.6 is 11.6 Å². The van der Waals surface area contributed by atoms with Crippen LogP contribution in [0.5, 0.6) is 0 Å². The van der Waals surface area contributed by atoms with Crippen molar-refractivity contribution in [2.24, 2.45) is 5.73 Å². The van der Waals surface area contributed by atoms with E-state index in [1.807, 2.05) is 18.2 Å². The van der Waals surface area contributed by atoms with E-state index in [1.165, 1.54) is 23.2 Å². The van der Waals surface area contributed by atoms with Crippen LogP contribution in [0.25, 0.3) is 0 Å². The summed E-state index contributed by atoms with van der Waals surface area (Å²) in [5.74, 6) is 0. The van der Waals surface area contributed by atoms with E-state index in [-0.39, 0.29) is 6.04 Å². The second-order valence-corrected chi connectivity index (χ2v) is 5.79. The Morgan fingerprint density at radius 2 is 2.21 bits per heavy atom. The molecule has 3 heteroatoms. The molecule has 19 heavy (non-hydrogen) atoms. The third kappa shape index (κ3) is 2.31. The van der Waals surface area contributed by atoms with Gasteiger partial charge in [0.1, 0.15) is 0 Å². The highest BCUT2D eigenvalue weighted by atomic mass is 35.5. The maximum absolute atomic E-state index is 6.19. The highest BCUT2D eigenvalue weighted by Gasteiger charge is 2.22. The minimum absolute atomic E-state index is 0.205. The lowest BCUT2D eigenvalue weighted by atomic mass is 9.93. The number of aromatic nitrogens is 1. The van der Waals surface area contributed by atoms with Crippen molar-refractivity contribution in [2.45, 2.75) is 38.3 Å². The molecule has 1 aliphatic rings. The molecule has 1 aromatic carbocycles. The van der Waals surface area contributed by atoms with Gasteiger partial charge in [0.05, 0.1) is 6.04 Å². The van der Waals surface area contributed by atoms with Gasteiger partial charge in [-0.1, -0.05) is 23.7 Å². The first kappa shape index (κ1) is 12.8. The summed E-state index contributed by atoms with van der Waals surface area (Å²) in [5.41, 5.74) is 10.1. The van der Waals surface area contributed by atoms with Gasteiger partial charge in [0, 0.05) is 23.0 Å². The number of benzene rings is 1. The minimum atomic E-state index is 0.205. The molecule has 2 atom stereocenters. The van der Waals surface area contributed by atoms with E-state index in [0.29, 0.717) is 6.04 Å². The van der Waals surface area contributed by atoms with Gasteiger partial charge in [-0.2, -0.15) is 0 Å². The van der Waals surface area contributed by atoms with E-state index in [2.05, 4.69) is 29.8 Å². The molecule has 2 nitrogen and oxygen atoms in total. The summed E-state index contributed by atoms with van der Waals surface area (Å²) in [6, 6.07) is 10.8. The molecule has 0 bridgehead atoms. The van der Waals surface area contributed by atoms with E-state index in [9.17, 15) is 0 Å². The zero-order valence-corrected chi connectivity index (χ0v) is 11.9. The zero-order valence-electron chi connectivity index (χ0n) is 11.1. The molecular formula is C16H19ClN2. The van der Waals surface area contributed by atoms with Crippen LogP contribution in [-0.2, 0) is 6.42 Å². The molecule has 0 fully saturated rings. The molecular weight excluding hydrogens is 256 g/mol. The monoisotopic (exact) mass is 274 g/mol. The van der Waals surface area contributed by atoms with Crippen molar-refractivity contribution in [3.63, 3.8) is 0 Å². The SMILES string of the molecule is CC(c1cccc(Cl)c1)n1ccc2c1CCCC2N. The van der Waals surface area contributed by atoms with Crippen LogP contribution in [-0.4, -0.2) is 4.57 Å². The molecule has 100 valence electrons. The topological polar surface area (TPSA) is 30.9 Å². The van der Waals surface area contributed by atoms with Crippen LogP contribution in [0.2, 0.25) is 5.02 Å². The van der Waals surface area contributed by atoms with E-state index >= 15 is 0 Å². The molecule has 0 spiro atoms. The van der Waals surface area contributed by atoms with Crippen LogP contribution < -0.4 is 5.73 Å². The maximum atomic E-state index is 6.19. The normalized spacial score (nSPS) is 20.1. The predicted molar refractivity (Wildman–Crippen MR) is 79.6 cm³/mol. The number of fused-ring (bicyclic) bond motifs is 1. The zero-order chi connectivity index (χ0) is 13.4. The van der Waals surface area contributed by atoms with Crippen molar-refractivity contribution < 1.29 is 0 Å². The van der Waals surface area contributed by atoms with E-state index in [1.54, 1.807) is 0 Å². The van der Waals surface area contributed by atoms with Gasteiger partial charge in [-0.25, -0.2) is 0 Å². The Labute approximate surface area is 119 Å². The van der Waals surface area contributed by atoms with Gasteiger partial charge >= 0.3 is 0 Å². The van der Waals surface area contributed by atoms with Crippen molar-refractivity contribution in [1.29, 1.82) is 0 Å². The standard InChI is InChI=1S/C16H19ClN2/c1-11(12-4-2-5-13(17)10-12)19-9-8-14-15(18)6-3-7-16(14)19/h2,4-5,8-11,15H,3,6-7,18H2,1H3. The Morgan fingerprint density at radius 3 is 3.00 bits per heavy atom. The van der Waals surface area contributed by atoms with Gasteiger partial charge < -0.3 is 10.3 Å². The van der Waals surface area contributed by atoms with E-state index in [4.69, 9.17) is 17.3 Å². The molecule has 0 aliphatic heterocycles. The second kappa shape index (κ2) is 5.03. The van der Waals surface area contributed by atoms with Crippen LogP contribution in [0.4, 0.5) is 0 Å². The highest BCUT2D eigenvalue weighted by Crippen LogP contribution is 2.32. The van der Waals surface area contributed by atoms with Crippen LogP contribution in [0, 0.1) is 0 Å². The minimum Gasteiger partial charge on any atom is -0.344 e. The first-order valence-corrected chi connectivity index (χ1v) is 7.25. The molecule has 2 aromatic rings. The summed E-state index contributed by atoms with van der Waals surface area (Å²) in [4.78, 5) is 0. The largest absolute Gasteiger partial charge is 0.344 e. The van der Waals surface area contributed by atoms with E-state index < -0.39 is 0 Å². The summed E-state index contributed by atoms with van der Waals surface area (Å²) in [7, 11) is 0. The van der Waals surface area contributed by atoms with Crippen molar-refractivity contribution in [2.75, 3.05) is 0 Å². The molecule has 3 rings (SSSR count). The Hall–Kier alpha value is -1.25. The van der Waals surface area contributed by atoms with Crippen LogP contribution in [0.3, 0.4) is 0 Å². The summed E-state index contributed by atoms with van der Waals surface area (Å²) in [6.45, 7) is 2.21. The first-order chi connectivity index (χ1) is 9.16. The Morgan fingerprint density at radius 1 is 1.37 bits per heavy atom. The number of nitrogens with two attached hydrogens (primary N) is 1. The third-order valence-electron chi connectivity index (χ3n) is 4.14. The summed E-state index contributed by atoms with van der Waals surface area (Å²) in [6.07, 6.45) is 5.57. The quantitative estimate of drug-likeness (QED) is 0.879. The van der Waals surface area contributed by atoms with Gasteiger partial charge in [-0.3, -0.25) is 0 Å². The van der Waals surface area contributed by atoms with Crippen molar-refractivity contribution in [3.8, 4) is 0 Å². The Bertz CT molecular complexity index is 588. The Kier molecular flexibility index (Phi) is 3.38. The lowest BCUT2D eigenvalue weighted by molar-refractivity contribution is 0.525. The van der Waals surface area contributed by atoms with Crippen LogP contribution in [0.1, 0.15) is 48.7 Å². The van der Waals surface area contributed by atoms with Crippen molar-refractivity contribution >= 4 is 11.6 Å². The Balaban J connectivity index is 1.99. The average Bonchev–Trinajstić information content (AvgIpc) is 2.83. The second-order valence-electron chi connectivity index (χ2n) is 5.35. The predicted octanol–water partition coefficient (Wildman–Crippen LogP) is 4.09. The summed E-state index contributed by atoms with van der Waals surface area (Å²) < 4.78 is 2.35. The molecule has 0 saturated heterocycles. The number of halogens is 1. The molecule has 0 saturated carbocycles. The fraction of sp³-hybridized carbons (Fsp3) is 0.375. The van der Waals surface area contributed by atoms with E-state index in [0.717, 1.165) is 17.9 Å². The molecule has 1 heterocycles. The summed E-state index contributed by atoms with van der Waals surface area (Å²) in [5, 5.41) is 0.794. The van der Waals surface area contributed by atoms with Gasteiger partial charge in [-0.15, -0.1) is 0 Å². The van der Waals surface area contributed by atoms with Crippen LogP contribution in [0.15, 0.2) is 36.5 Å². The lowest BCUT2D eigenvalue weighted by Gasteiger charge is -2.24. The number of hydrogen-bond donors (Lipinski definition) is 1. The smallest absolute Gasteiger partial charge is 0.0555 e. The van der Waals surface area contributed by atoms with Gasteiger partial charge in [0.25, 0.3) is 0 Å². The molecule has 1 aromatic heterocycles. The third-order valence-corrected chi connectivity index (χ3v) is 4.37. The number of nitrogens with zero attached hydrogens (tertiary/aromatic N) is 1. The number of rotatable bonds is 2. The molecule has 2 N–H and O–H groups in total. The molecule has 1 aliphatic carbocycles. The first-order valence-electron chi connectivity index (χ1n) is 6.87. The summed E-state index contributed by atoms with van der Waals surface area (Å²) >= 11 is 6.09. The van der Waals surface area contributed by atoms with Gasteiger partial charge in [-0.05, 0) is 55.5 Å². The average molecular weight is 275 g/mol. The lowest BCUT2D eigenvalue weighted by Crippen LogP contribution is -2.19. The molecule has 0 amide bonds. The molecule has 2 unspecified atom stereocenters. The molecule has 0 radical (unpaired) electrons. The maximum Gasteiger partial charge on any atom is 0.0555 e. The fourth-order valence-electron chi connectivity index (χ4n) is 3.04. The van der Waals surface area contributed by atoms with Gasteiger partial charge in [0.2, 0.25) is 0 Å². The fourth-order valence-corrected chi connectivity index (χ4v) is 3.24.